The molecule has 0 atom stereocenters. The summed E-state index contributed by atoms with van der Waals surface area (Å²) in [6.45, 7) is 2.07. The Balaban J connectivity index is 2.99. The number of aryl methyl sites for hydroxylation is 1. The third-order valence-corrected chi connectivity index (χ3v) is 2.60. The molecule has 0 bridgehead atoms. The van der Waals surface area contributed by atoms with Crippen molar-refractivity contribution >= 4 is 17.3 Å². The molecule has 4 heteroatoms. The molecule has 0 unspecified atom stereocenters. The van der Waals surface area contributed by atoms with E-state index in [2.05, 4.69) is 6.92 Å². The highest BCUT2D eigenvalue weighted by atomic mass is 35.5. The number of halogens is 1. The van der Waals surface area contributed by atoms with Gasteiger partial charge in [0.15, 0.2) is 0 Å². The van der Waals surface area contributed by atoms with E-state index in [1.807, 2.05) is 6.07 Å². The van der Waals surface area contributed by atoms with Crippen LogP contribution in [-0.2, 0) is 12.3 Å². The molecule has 15 heavy (non-hydrogen) atoms. The highest BCUT2D eigenvalue weighted by Crippen LogP contribution is 2.22. The van der Waals surface area contributed by atoms with Crippen LogP contribution >= 0.6 is 11.6 Å². The van der Waals surface area contributed by atoms with Gasteiger partial charge in [-0.2, -0.15) is 0 Å². The van der Waals surface area contributed by atoms with Crippen LogP contribution in [0.4, 0.5) is 5.69 Å². The van der Waals surface area contributed by atoms with Gasteiger partial charge in [0, 0.05) is 17.5 Å². The lowest BCUT2D eigenvalue weighted by molar-refractivity contribution is -0.385. The zero-order valence-corrected chi connectivity index (χ0v) is 9.46. The molecular formula is C11H14ClNO2. The highest BCUT2D eigenvalue weighted by Gasteiger charge is 2.12. The van der Waals surface area contributed by atoms with Gasteiger partial charge in [-0.3, -0.25) is 10.1 Å². The molecule has 3 nitrogen and oxygen atoms in total. The molecule has 1 aromatic carbocycles. The molecule has 1 rings (SSSR count). The molecule has 0 amide bonds. The van der Waals surface area contributed by atoms with Gasteiger partial charge in [0.1, 0.15) is 0 Å². The Morgan fingerprint density at radius 1 is 1.47 bits per heavy atom. The quantitative estimate of drug-likeness (QED) is 0.438. The van der Waals surface area contributed by atoms with Crippen molar-refractivity contribution in [3.05, 3.63) is 39.4 Å². The standard InChI is InChI=1S/C11H14ClNO2/c1-2-3-4-10-7-9(8-12)5-6-11(10)13(14)15/h5-7H,2-4,8H2,1H3. The number of hydrogen-bond acceptors (Lipinski definition) is 2. The third kappa shape index (κ3) is 3.20. The average molecular weight is 228 g/mol. The minimum Gasteiger partial charge on any atom is -0.258 e. The first-order valence-electron chi connectivity index (χ1n) is 5.01. The maximum absolute atomic E-state index is 10.8. The number of nitro benzene ring substituents is 1. The zero-order chi connectivity index (χ0) is 11.3. The summed E-state index contributed by atoms with van der Waals surface area (Å²) in [5.74, 6) is 0.400. The van der Waals surface area contributed by atoms with Crippen molar-refractivity contribution in [1.29, 1.82) is 0 Å². The van der Waals surface area contributed by atoms with Gasteiger partial charge in [0.2, 0.25) is 0 Å². The molecule has 0 saturated carbocycles. The predicted molar refractivity (Wildman–Crippen MR) is 61.3 cm³/mol. The Labute approximate surface area is 94.2 Å². The summed E-state index contributed by atoms with van der Waals surface area (Å²) in [5.41, 5.74) is 1.94. The van der Waals surface area contributed by atoms with E-state index >= 15 is 0 Å². The smallest absolute Gasteiger partial charge is 0.258 e. The third-order valence-electron chi connectivity index (χ3n) is 2.29. The van der Waals surface area contributed by atoms with E-state index in [1.54, 1.807) is 12.1 Å². The monoisotopic (exact) mass is 227 g/mol. The van der Waals surface area contributed by atoms with Crippen LogP contribution in [0, 0.1) is 10.1 Å². The van der Waals surface area contributed by atoms with Crippen molar-refractivity contribution < 1.29 is 4.92 Å². The molecule has 0 aliphatic rings. The number of nitrogens with zero attached hydrogens (tertiary/aromatic N) is 1. The minimum absolute atomic E-state index is 0.206. The molecule has 0 N–H and O–H groups in total. The van der Waals surface area contributed by atoms with Crippen molar-refractivity contribution in [1.82, 2.24) is 0 Å². The summed E-state index contributed by atoms with van der Waals surface area (Å²) >= 11 is 5.69. The summed E-state index contributed by atoms with van der Waals surface area (Å²) in [4.78, 5) is 10.4. The Bertz CT molecular complexity index is 352. The number of unbranched alkanes of at least 4 members (excludes halogenated alkanes) is 1. The molecule has 0 saturated heterocycles. The molecular weight excluding hydrogens is 214 g/mol. The fraction of sp³-hybridized carbons (Fsp3) is 0.455. The van der Waals surface area contributed by atoms with E-state index in [9.17, 15) is 10.1 Å². The van der Waals surface area contributed by atoms with Crippen molar-refractivity contribution in [3.63, 3.8) is 0 Å². The lowest BCUT2D eigenvalue weighted by Gasteiger charge is -2.03. The Hall–Kier alpha value is -1.09. The van der Waals surface area contributed by atoms with Gasteiger partial charge in [-0.25, -0.2) is 0 Å². The molecule has 0 aliphatic heterocycles. The molecule has 82 valence electrons. The summed E-state index contributed by atoms with van der Waals surface area (Å²) in [5, 5.41) is 10.8. The summed E-state index contributed by atoms with van der Waals surface area (Å²) in [7, 11) is 0. The number of benzene rings is 1. The van der Waals surface area contributed by atoms with Gasteiger partial charge in [0.05, 0.1) is 4.92 Å². The molecule has 0 spiro atoms. The van der Waals surface area contributed by atoms with Crippen LogP contribution in [0.25, 0.3) is 0 Å². The normalized spacial score (nSPS) is 10.3. The van der Waals surface area contributed by atoms with Crippen molar-refractivity contribution in [3.8, 4) is 0 Å². The van der Waals surface area contributed by atoms with Crippen molar-refractivity contribution in [2.24, 2.45) is 0 Å². The first-order valence-corrected chi connectivity index (χ1v) is 5.54. The molecule has 0 aromatic heterocycles. The molecule has 0 fully saturated rings. The maximum atomic E-state index is 10.8. The van der Waals surface area contributed by atoms with E-state index in [0.717, 1.165) is 30.4 Å². The molecule has 0 radical (unpaired) electrons. The summed E-state index contributed by atoms with van der Waals surface area (Å²) in [6.07, 6.45) is 2.74. The van der Waals surface area contributed by atoms with Gasteiger partial charge in [-0.15, -0.1) is 11.6 Å². The molecule has 0 heterocycles. The Morgan fingerprint density at radius 3 is 2.73 bits per heavy atom. The topological polar surface area (TPSA) is 43.1 Å². The molecule has 0 aliphatic carbocycles. The average Bonchev–Trinajstić information content (AvgIpc) is 2.25. The van der Waals surface area contributed by atoms with Gasteiger partial charge >= 0.3 is 0 Å². The first-order chi connectivity index (χ1) is 7.19. The van der Waals surface area contributed by atoms with E-state index in [-0.39, 0.29) is 10.6 Å². The van der Waals surface area contributed by atoms with Gasteiger partial charge in [-0.1, -0.05) is 19.4 Å². The number of rotatable bonds is 5. The Morgan fingerprint density at radius 2 is 2.20 bits per heavy atom. The van der Waals surface area contributed by atoms with Gasteiger partial charge in [0.25, 0.3) is 5.69 Å². The zero-order valence-electron chi connectivity index (χ0n) is 8.70. The van der Waals surface area contributed by atoms with E-state index in [4.69, 9.17) is 11.6 Å². The second-order valence-corrected chi connectivity index (χ2v) is 3.72. The number of alkyl halides is 1. The molecule has 1 aromatic rings. The number of hydrogen-bond donors (Lipinski definition) is 0. The largest absolute Gasteiger partial charge is 0.272 e. The fourth-order valence-corrected chi connectivity index (χ4v) is 1.63. The van der Waals surface area contributed by atoms with Gasteiger partial charge in [-0.05, 0) is 24.5 Å². The van der Waals surface area contributed by atoms with Gasteiger partial charge < -0.3 is 0 Å². The first kappa shape index (κ1) is 12.0. The minimum atomic E-state index is -0.330. The van der Waals surface area contributed by atoms with E-state index in [1.165, 1.54) is 0 Å². The van der Waals surface area contributed by atoms with Crippen molar-refractivity contribution in [2.75, 3.05) is 0 Å². The van der Waals surface area contributed by atoms with E-state index in [0.29, 0.717) is 5.88 Å². The lowest BCUT2D eigenvalue weighted by atomic mass is 10.0. The van der Waals surface area contributed by atoms with Crippen LogP contribution in [-0.4, -0.2) is 4.92 Å². The summed E-state index contributed by atoms with van der Waals surface area (Å²) < 4.78 is 0. The maximum Gasteiger partial charge on any atom is 0.272 e. The SMILES string of the molecule is CCCCc1cc(CCl)ccc1[N+](=O)[O-]. The predicted octanol–water partition coefficient (Wildman–Crippen LogP) is 3.68. The highest BCUT2D eigenvalue weighted by molar-refractivity contribution is 6.17. The van der Waals surface area contributed by atoms with Crippen LogP contribution in [0.15, 0.2) is 18.2 Å². The second kappa shape index (κ2) is 5.71. The Kier molecular flexibility index (Phi) is 4.56. The van der Waals surface area contributed by atoms with Crippen LogP contribution in [0.1, 0.15) is 30.9 Å². The summed E-state index contributed by atoms with van der Waals surface area (Å²) in [6, 6.07) is 5.09. The van der Waals surface area contributed by atoms with Crippen LogP contribution in [0.5, 0.6) is 0 Å². The number of nitro groups is 1. The van der Waals surface area contributed by atoms with Crippen LogP contribution in [0.3, 0.4) is 0 Å². The van der Waals surface area contributed by atoms with Crippen LogP contribution in [0.2, 0.25) is 0 Å². The second-order valence-electron chi connectivity index (χ2n) is 3.46. The fourth-order valence-electron chi connectivity index (χ4n) is 1.47. The van der Waals surface area contributed by atoms with Crippen molar-refractivity contribution in [2.45, 2.75) is 32.1 Å². The van der Waals surface area contributed by atoms with Crippen LogP contribution < -0.4 is 0 Å². The van der Waals surface area contributed by atoms with E-state index < -0.39 is 0 Å². The lowest BCUT2D eigenvalue weighted by Crippen LogP contribution is -1.96.